The number of benzene rings is 2. The van der Waals surface area contributed by atoms with E-state index in [9.17, 15) is 14.4 Å². The van der Waals surface area contributed by atoms with Gasteiger partial charge in [0.1, 0.15) is 6.54 Å². The Bertz CT molecular complexity index is 904. The lowest BCUT2D eigenvalue weighted by molar-refractivity contribution is -0.129. The summed E-state index contributed by atoms with van der Waals surface area (Å²) in [6, 6.07) is 13.6. The van der Waals surface area contributed by atoms with E-state index in [2.05, 4.69) is 5.32 Å². The fraction of sp³-hybridized carbons (Fsp3) is 0.250. The predicted octanol–water partition coefficient (Wildman–Crippen LogP) is 3.03. The van der Waals surface area contributed by atoms with Crippen molar-refractivity contribution in [3.8, 4) is 0 Å². The third-order valence-electron chi connectivity index (χ3n) is 4.13. The summed E-state index contributed by atoms with van der Waals surface area (Å²) in [7, 11) is 1.59. The van der Waals surface area contributed by atoms with Crippen LogP contribution in [0.3, 0.4) is 0 Å². The lowest BCUT2D eigenvalue weighted by atomic mass is 10.0. The van der Waals surface area contributed by atoms with Gasteiger partial charge in [-0.25, -0.2) is 0 Å². The van der Waals surface area contributed by atoms with Crippen molar-refractivity contribution in [1.29, 1.82) is 0 Å². The van der Waals surface area contributed by atoms with Gasteiger partial charge in [0.25, 0.3) is 11.1 Å². The number of hydrogen-bond donors (Lipinski definition) is 1. The Morgan fingerprint density at radius 2 is 1.96 bits per heavy atom. The summed E-state index contributed by atoms with van der Waals surface area (Å²) in [5, 5.41) is 4.31. The molecule has 6 nitrogen and oxygen atoms in total. The average Bonchev–Trinajstić information content (AvgIpc) is 2.93. The fourth-order valence-electron chi connectivity index (χ4n) is 2.80. The van der Waals surface area contributed by atoms with Crippen molar-refractivity contribution < 1.29 is 19.1 Å². The quantitative estimate of drug-likeness (QED) is 0.587. The normalized spacial score (nSPS) is 15.7. The Labute approximate surface area is 161 Å². The van der Waals surface area contributed by atoms with Crippen LogP contribution in [-0.2, 0) is 14.3 Å². The summed E-state index contributed by atoms with van der Waals surface area (Å²) in [4.78, 5) is 38.0. The number of nitrogens with one attached hydrogen (secondary N) is 1. The number of carbonyl (C=O) groups is 3. The van der Waals surface area contributed by atoms with E-state index in [4.69, 9.17) is 4.74 Å². The van der Waals surface area contributed by atoms with Gasteiger partial charge >= 0.3 is 0 Å². The molecule has 3 amide bonds. The molecule has 0 bridgehead atoms. The molecule has 0 unspecified atom stereocenters. The van der Waals surface area contributed by atoms with Gasteiger partial charge in [0, 0.05) is 20.3 Å². The minimum atomic E-state index is -0.440. The third-order valence-corrected chi connectivity index (χ3v) is 5.04. The number of amides is 3. The Hall–Kier alpha value is -2.64. The molecule has 7 heteroatoms. The first kappa shape index (κ1) is 19.1. The molecular weight excluding hydrogens is 364 g/mol. The molecule has 140 valence electrons. The topological polar surface area (TPSA) is 75.7 Å². The maximum Gasteiger partial charge on any atom is 0.294 e. The van der Waals surface area contributed by atoms with Crippen molar-refractivity contribution in [2.75, 3.05) is 26.8 Å². The molecule has 1 aliphatic rings. The van der Waals surface area contributed by atoms with Gasteiger partial charge in [0.05, 0.1) is 4.91 Å². The second-order valence-corrected chi connectivity index (χ2v) is 7.03. The van der Waals surface area contributed by atoms with Gasteiger partial charge in [-0.05, 0) is 40.6 Å². The Morgan fingerprint density at radius 3 is 2.78 bits per heavy atom. The van der Waals surface area contributed by atoms with Crippen LogP contribution in [0.15, 0.2) is 47.4 Å². The summed E-state index contributed by atoms with van der Waals surface area (Å²) in [6.45, 7) is 0.703. The lowest BCUT2D eigenvalue weighted by Gasteiger charge is -2.12. The summed E-state index contributed by atoms with van der Waals surface area (Å²) in [5.41, 5.74) is 0.864. The molecule has 2 aromatic carbocycles. The van der Waals surface area contributed by atoms with Gasteiger partial charge in [-0.1, -0.05) is 42.5 Å². The number of thioether (sulfide) groups is 1. The van der Waals surface area contributed by atoms with Crippen molar-refractivity contribution in [2.45, 2.75) is 6.42 Å². The number of ether oxygens (including phenoxy) is 1. The molecule has 0 aliphatic carbocycles. The molecule has 1 N–H and O–H groups in total. The third kappa shape index (κ3) is 4.56. The minimum Gasteiger partial charge on any atom is -0.385 e. The van der Waals surface area contributed by atoms with Gasteiger partial charge in [-0.15, -0.1) is 0 Å². The maximum atomic E-state index is 12.6. The highest BCUT2D eigenvalue weighted by molar-refractivity contribution is 8.18. The van der Waals surface area contributed by atoms with Crippen LogP contribution in [0, 0.1) is 0 Å². The molecule has 0 spiro atoms. The SMILES string of the molecule is COCCCNC(=O)CN1C(=O)S/C(=C\c2cccc3ccccc23)C1=O. The van der Waals surface area contributed by atoms with Crippen LogP contribution in [0.5, 0.6) is 0 Å². The predicted molar refractivity (Wildman–Crippen MR) is 106 cm³/mol. The summed E-state index contributed by atoms with van der Waals surface area (Å²) >= 11 is 0.858. The van der Waals surface area contributed by atoms with E-state index in [1.165, 1.54) is 0 Å². The molecule has 0 atom stereocenters. The van der Waals surface area contributed by atoms with Crippen molar-refractivity contribution >= 4 is 45.7 Å². The smallest absolute Gasteiger partial charge is 0.294 e. The molecule has 2 aromatic rings. The van der Waals surface area contributed by atoms with Crippen molar-refractivity contribution in [1.82, 2.24) is 10.2 Å². The average molecular weight is 384 g/mol. The molecular formula is C20H20N2O4S. The van der Waals surface area contributed by atoms with Crippen LogP contribution in [0.25, 0.3) is 16.8 Å². The highest BCUT2D eigenvalue weighted by atomic mass is 32.2. The van der Waals surface area contributed by atoms with E-state index in [1.807, 2.05) is 42.5 Å². The Kier molecular flexibility index (Phi) is 6.26. The van der Waals surface area contributed by atoms with Crippen molar-refractivity contribution in [3.63, 3.8) is 0 Å². The van der Waals surface area contributed by atoms with Crippen LogP contribution >= 0.6 is 11.8 Å². The van der Waals surface area contributed by atoms with Crippen molar-refractivity contribution in [2.24, 2.45) is 0 Å². The largest absolute Gasteiger partial charge is 0.385 e. The Balaban J connectivity index is 1.72. The number of carbonyl (C=O) groups excluding carboxylic acids is 3. The van der Waals surface area contributed by atoms with E-state index in [0.29, 0.717) is 24.5 Å². The monoisotopic (exact) mass is 384 g/mol. The minimum absolute atomic E-state index is 0.273. The first-order valence-electron chi connectivity index (χ1n) is 8.59. The zero-order valence-corrected chi connectivity index (χ0v) is 15.8. The van der Waals surface area contributed by atoms with Crippen LogP contribution in [0.2, 0.25) is 0 Å². The molecule has 0 saturated carbocycles. The number of nitrogens with zero attached hydrogens (tertiary/aromatic N) is 1. The van der Waals surface area contributed by atoms with E-state index < -0.39 is 11.1 Å². The van der Waals surface area contributed by atoms with Gasteiger partial charge in [0.15, 0.2) is 0 Å². The lowest BCUT2D eigenvalue weighted by Crippen LogP contribution is -2.39. The van der Waals surface area contributed by atoms with E-state index in [1.54, 1.807) is 13.2 Å². The molecule has 1 saturated heterocycles. The maximum absolute atomic E-state index is 12.6. The van der Waals surface area contributed by atoms with Gasteiger partial charge in [-0.3, -0.25) is 19.3 Å². The van der Waals surface area contributed by atoms with E-state index in [-0.39, 0.29) is 12.5 Å². The van der Waals surface area contributed by atoms with Gasteiger partial charge in [0.2, 0.25) is 5.91 Å². The second-order valence-electron chi connectivity index (χ2n) is 6.03. The number of methoxy groups -OCH3 is 1. The standard InChI is InChI=1S/C20H20N2O4S/c1-26-11-5-10-21-18(23)13-22-19(24)17(27-20(22)25)12-15-8-4-7-14-6-2-3-9-16(14)15/h2-4,6-9,12H,5,10-11,13H2,1H3,(H,21,23)/b17-12-. The van der Waals surface area contributed by atoms with Crippen LogP contribution < -0.4 is 5.32 Å². The summed E-state index contributed by atoms with van der Waals surface area (Å²) < 4.78 is 4.91. The molecule has 1 heterocycles. The molecule has 3 rings (SSSR count). The molecule has 0 aromatic heterocycles. The molecule has 1 aliphatic heterocycles. The van der Waals surface area contributed by atoms with Crippen LogP contribution in [-0.4, -0.2) is 48.8 Å². The zero-order valence-electron chi connectivity index (χ0n) is 14.9. The summed E-state index contributed by atoms with van der Waals surface area (Å²) in [5.74, 6) is -0.801. The zero-order chi connectivity index (χ0) is 19.2. The van der Waals surface area contributed by atoms with Gasteiger partial charge < -0.3 is 10.1 Å². The van der Waals surface area contributed by atoms with E-state index >= 15 is 0 Å². The number of rotatable bonds is 7. The number of fused-ring (bicyclic) bond motifs is 1. The first-order chi connectivity index (χ1) is 13.1. The molecule has 1 fully saturated rings. The van der Waals surface area contributed by atoms with Gasteiger partial charge in [-0.2, -0.15) is 0 Å². The molecule has 0 radical (unpaired) electrons. The number of hydrogen-bond acceptors (Lipinski definition) is 5. The summed E-state index contributed by atoms with van der Waals surface area (Å²) in [6.07, 6.45) is 2.38. The fourth-order valence-corrected chi connectivity index (χ4v) is 3.63. The van der Waals surface area contributed by atoms with E-state index in [0.717, 1.165) is 33.0 Å². The molecule has 27 heavy (non-hydrogen) atoms. The second kappa shape index (κ2) is 8.83. The highest BCUT2D eigenvalue weighted by Gasteiger charge is 2.36. The number of imide groups is 1. The van der Waals surface area contributed by atoms with Crippen molar-refractivity contribution in [3.05, 3.63) is 52.9 Å². The highest BCUT2D eigenvalue weighted by Crippen LogP contribution is 2.33. The first-order valence-corrected chi connectivity index (χ1v) is 9.40. The van der Waals surface area contributed by atoms with Crippen LogP contribution in [0.1, 0.15) is 12.0 Å². The van der Waals surface area contributed by atoms with Crippen LogP contribution in [0.4, 0.5) is 4.79 Å². The Morgan fingerprint density at radius 1 is 1.19 bits per heavy atom.